The lowest BCUT2D eigenvalue weighted by atomic mass is 10.1. The zero-order chi connectivity index (χ0) is 12.4. The van der Waals surface area contributed by atoms with Crippen molar-refractivity contribution in [2.24, 2.45) is 0 Å². The molecule has 17 heavy (non-hydrogen) atoms. The van der Waals surface area contributed by atoms with E-state index in [4.69, 9.17) is 0 Å². The monoisotopic (exact) mass is 233 g/mol. The maximum Gasteiger partial charge on any atom is 0.156 e. The van der Waals surface area contributed by atoms with Gasteiger partial charge in [-0.25, -0.2) is 4.39 Å². The molecular weight excluding hydrogens is 217 g/mol. The van der Waals surface area contributed by atoms with Crippen molar-refractivity contribution in [3.05, 3.63) is 35.8 Å². The molecule has 1 heterocycles. The number of benzene rings is 1. The minimum absolute atomic E-state index is 0.228. The van der Waals surface area contributed by atoms with Crippen molar-refractivity contribution in [3.8, 4) is 11.1 Å². The molecule has 0 radical (unpaired) electrons. The van der Waals surface area contributed by atoms with E-state index >= 15 is 0 Å². The Kier molecular flexibility index (Phi) is 3.13. The molecule has 0 aliphatic heterocycles. The number of aryl methyl sites for hydroxylation is 1. The molecule has 0 spiro atoms. The van der Waals surface area contributed by atoms with Crippen molar-refractivity contribution in [2.45, 2.75) is 26.8 Å². The van der Waals surface area contributed by atoms with Crippen LogP contribution in [0.2, 0.25) is 0 Å². The molecule has 0 aliphatic carbocycles. The number of hydrogen-bond acceptors (Lipinski definition) is 2. The number of hydrogen-bond donors (Lipinski definition) is 2. The van der Waals surface area contributed by atoms with E-state index in [9.17, 15) is 4.39 Å². The summed E-state index contributed by atoms with van der Waals surface area (Å²) < 4.78 is 12.9. The van der Waals surface area contributed by atoms with Gasteiger partial charge in [-0.2, -0.15) is 5.10 Å². The van der Waals surface area contributed by atoms with Crippen LogP contribution >= 0.6 is 0 Å². The number of rotatable bonds is 3. The normalized spacial score (nSPS) is 10.9. The van der Waals surface area contributed by atoms with Gasteiger partial charge in [-0.1, -0.05) is 12.1 Å². The maximum atomic E-state index is 12.9. The standard InChI is InChI=1S/C13H16FN3/c1-8(2)15-13-12(9(3)16-17-13)10-4-6-11(14)7-5-10/h4-8H,1-3H3,(H2,15,16,17). The van der Waals surface area contributed by atoms with E-state index in [1.807, 2.05) is 6.92 Å². The summed E-state index contributed by atoms with van der Waals surface area (Å²) >= 11 is 0. The van der Waals surface area contributed by atoms with E-state index in [1.54, 1.807) is 12.1 Å². The molecule has 0 saturated carbocycles. The van der Waals surface area contributed by atoms with Crippen LogP contribution < -0.4 is 5.32 Å². The molecule has 0 aliphatic rings. The molecule has 0 unspecified atom stereocenters. The third-order valence-corrected chi connectivity index (χ3v) is 2.51. The van der Waals surface area contributed by atoms with E-state index in [-0.39, 0.29) is 5.82 Å². The minimum atomic E-state index is -0.228. The first kappa shape index (κ1) is 11.6. The van der Waals surface area contributed by atoms with Gasteiger partial charge in [0.05, 0.1) is 0 Å². The van der Waals surface area contributed by atoms with Crippen LogP contribution in [0, 0.1) is 12.7 Å². The lowest BCUT2D eigenvalue weighted by Crippen LogP contribution is -2.10. The van der Waals surface area contributed by atoms with E-state index in [0.29, 0.717) is 6.04 Å². The number of anilines is 1. The number of H-pyrrole nitrogens is 1. The van der Waals surface area contributed by atoms with Crippen molar-refractivity contribution in [1.82, 2.24) is 10.2 Å². The fourth-order valence-electron chi connectivity index (χ4n) is 1.78. The summed E-state index contributed by atoms with van der Waals surface area (Å²) in [6, 6.07) is 6.75. The number of nitrogens with zero attached hydrogens (tertiary/aromatic N) is 1. The lowest BCUT2D eigenvalue weighted by Gasteiger charge is -2.09. The third kappa shape index (κ3) is 2.46. The van der Waals surface area contributed by atoms with Crippen LogP contribution in [0.25, 0.3) is 11.1 Å². The number of aromatic nitrogens is 2. The van der Waals surface area contributed by atoms with E-state index < -0.39 is 0 Å². The second-order valence-electron chi connectivity index (χ2n) is 4.38. The fraction of sp³-hybridized carbons (Fsp3) is 0.308. The maximum absolute atomic E-state index is 12.9. The van der Waals surface area contributed by atoms with Gasteiger partial charge in [0.1, 0.15) is 5.82 Å². The van der Waals surface area contributed by atoms with Crippen LogP contribution in [-0.2, 0) is 0 Å². The van der Waals surface area contributed by atoms with Crippen LogP contribution in [0.5, 0.6) is 0 Å². The van der Waals surface area contributed by atoms with Crippen LogP contribution in [0.1, 0.15) is 19.5 Å². The third-order valence-electron chi connectivity index (χ3n) is 2.51. The molecule has 2 N–H and O–H groups in total. The largest absolute Gasteiger partial charge is 0.366 e. The highest BCUT2D eigenvalue weighted by Crippen LogP contribution is 2.29. The Balaban J connectivity index is 2.43. The molecule has 3 nitrogen and oxygen atoms in total. The summed E-state index contributed by atoms with van der Waals surface area (Å²) in [5.74, 6) is 0.581. The Morgan fingerprint density at radius 3 is 2.47 bits per heavy atom. The second-order valence-corrected chi connectivity index (χ2v) is 4.38. The smallest absolute Gasteiger partial charge is 0.156 e. The highest BCUT2D eigenvalue weighted by atomic mass is 19.1. The van der Waals surface area contributed by atoms with Crippen LogP contribution in [0.15, 0.2) is 24.3 Å². The summed E-state index contributed by atoms with van der Waals surface area (Å²) in [7, 11) is 0. The van der Waals surface area contributed by atoms with Crippen LogP contribution in [0.3, 0.4) is 0 Å². The second kappa shape index (κ2) is 4.57. The van der Waals surface area contributed by atoms with Gasteiger partial charge in [0.15, 0.2) is 5.82 Å². The highest BCUT2D eigenvalue weighted by molar-refractivity contribution is 5.77. The van der Waals surface area contributed by atoms with Gasteiger partial charge in [-0.05, 0) is 38.5 Å². The Labute approximate surface area is 100 Å². The van der Waals surface area contributed by atoms with E-state index in [2.05, 4.69) is 29.4 Å². The number of aromatic amines is 1. The molecule has 90 valence electrons. The van der Waals surface area contributed by atoms with Crippen molar-refractivity contribution in [1.29, 1.82) is 0 Å². The lowest BCUT2D eigenvalue weighted by molar-refractivity contribution is 0.628. The Morgan fingerprint density at radius 2 is 1.88 bits per heavy atom. The van der Waals surface area contributed by atoms with Gasteiger partial charge in [0.25, 0.3) is 0 Å². The van der Waals surface area contributed by atoms with Gasteiger partial charge in [0.2, 0.25) is 0 Å². The first-order valence-electron chi connectivity index (χ1n) is 5.65. The molecule has 2 rings (SSSR count). The zero-order valence-electron chi connectivity index (χ0n) is 10.2. The molecule has 1 aromatic heterocycles. The van der Waals surface area contributed by atoms with E-state index in [1.165, 1.54) is 12.1 Å². The molecular formula is C13H16FN3. The first-order valence-corrected chi connectivity index (χ1v) is 5.65. The topological polar surface area (TPSA) is 40.7 Å². The zero-order valence-corrected chi connectivity index (χ0v) is 10.2. The summed E-state index contributed by atoms with van der Waals surface area (Å²) in [5, 5.41) is 10.4. The van der Waals surface area contributed by atoms with Crippen molar-refractivity contribution in [2.75, 3.05) is 5.32 Å². The van der Waals surface area contributed by atoms with E-state index in [0.717, 1.165) is 22.6 Å². The summed E-state index contributed by atoms with van der Waals surface area (Å²) in [4.78, 5) is 0. The van der Waals surface area contributed by atoms with Crippen LogP contribution in [0.4, 0.5) is 10.2 Å². The summed E-state index contributed by atoms with van der Waals surface area (Å²) in [5.41, 5.74) is 2.93. The molecule has 0 atom stereocenters. The molecule has 4 heteroatoms. The Bertz CT molecular complexity index is 500. The minimum Gasteiger partial charge on any atom is -0.366 e. The van der Waals surface area contributed by atoms with Gasteiger partial charge < -0.3 is 5.32 Å². The van der Waals surface area contributed by atoms with Gasteiger partial charge in [-0.3, -0.25) is 5.10 Å². The van der Waals surface area contributed by atoms with Crippen molar-refractivity contribution >= 4 is 5.82 Å². The quantitative estimate of drug-likeness (QED) is 0.853. The predicted octanol–water partition coefficient (Wildman–Crippen LogP) is 3.34. The molecule has 1 aromatic carbocycles. The molecule has 0 fully saturated rings. The van der Waals surface area contributed by atoms with Crippen molar-refractivity contribution in [3.63, 3.8) is 0 Å². The average Bonchev–Trinajstić information content (AvgIpc) is 2.61. The Hall–Kier alpha value is -1.84. The highest BCUT2D eigenvalue weighted by Gasteiger charge is 2.12. The summed E-state index contributed by atoms with van der Waals surface area (Å²) in [6.07, 6.45) is 0. The van der Waals surface area contributed by atoms with Gasteiger partial charge in [-0.15, -0.1) is 0 Å². The number of halogens is 1. The first-order chi connectivity index (χ1) is 8.08. The average molecular weight is 233 g/mol. The van der Waals surface area contributed by atoms with Crippen LogP contribution in [-0.4, -0.2) is 16.2 Å². The molecule has 0 bridgehead atoms. The Morgan fingerprint density at radius 1 is 1.24 bits per heavy atom. The van der Waals surface area contributed by atoms with Gasteiger partial charge >= 0.3 is 0 Å². The molecule has 0 amide bonds. The number of nitrogens with one attached hydrogen (secondary N) is 2. The van der Waals surface area contributed by atoms with Gasteiger partial charge in [0, 0.05) is 17.3 Å². The summed E-state index contributed by atoms with van der Waals surface area (Å²) in [6.45, 7) is 6.06. The van der Waals surface area contributed by atoms with Crippen molar-refractivity contribution < 1.29 is 4.39 Å². The predicted molar refractivity (Wildman–Crippen MR) is 67.5 cm³/mol. The fourth-order valence-corrected chi connectivity index (χ4v) is 1.78. The molecule has 0 saturated heterocycles. The molecule has 2 aromatic rings. The SMILES string of the molecule is Cc1[nH]nc(NC(C)C)c1-c1ccc(F)cc1.